The monoisotopic (exact) mass is 397 g/mol. The third-order valence-electron chi connectivity index (χ3n) is 2.78. The van der Waals surface area contributed by atoms with Crippen molar-refractivity contribution in [3.05, 3.63) is 34.4 Å². The van der Waals surface area contributed by atoms with E-state index < -0.39 is 46.4 Å². The van der Waals surface area contributed by atoms with Gasteiger partial charge >= 0.3 is 64.8 Å². The second-order valence-corrected chi connectivity index (χ2v) is 6.97. The third kappa shape index (κ3) is 4.66. The molecule has 0 radical (unpaired) electrons. The van der Waals surface area contributed by atoms with Gasteiger partial charge in [0.15, 0.2) is 0 Å². The molecular formula is C10H9NNa2O9S2. The van der Waals surface area contributed by atoms with Crippen LogP contribution >= 0.6 is 0 Å². The molecule has 2 aromatic carbocycles. The van der Waals surface area contributed by atoms with Crippen LogP contribution in [0.3, 0.4) is 0 Å². The van der Waals surface area contributed by atoms with Gasteiger partial charge in [-0.1, -0.05) is 0 Å². The zero-order valence-electron chi connectivity index (χ0n) is 10.4. The van der Waals surface area contributed by atoms with Crippen LogP contribution in [-0.4, -0.2) is 95.1 Å². The van der Waals surface area contributed by atoms with Crippen molar-refractivity contribution < 1.29 is 36.0 Å². The van der Waals surface area contributed by atoms with Crippen molar-refractivity contribution in [2.45, 2.75) is 9.79 Å². The van der Waals surface area contributed by atoms with Gasteiger partial charge in [0.25, 0.3) is 20.2 Å². The Morgan fingerprint density at radius 3 is 1.92 bits per heavy atom. The van der Waals surface area contributed by atoms with Gasteiger partial charge in [-0.15, -0.1) is 0 Å². The van der Waals surface area contributed by atoms with E-state index in [4.69, 9.17) is 9.11 Å². The first-order chi connectivity index (χ1) is 9.93. The second-order valence-electron chi connectivity index (χ2n) is 4.16. The maximum atomic E-state index is 11.2. The molecule has 0 saturated carbocycles. The summed E-state index contributed by atoms with van der Waals surface area (Å²) in [5.41, 5.74) is -1.02. The van der Waals surface area contributed by atoms with Crippen molar-refractivity contribution in [2.24, 2.45) is 0 Å². The molecular weight excluding hydrogens is 388 g/mol. The molecule has 0 aromatic heterocycles. The topological polar surface area (TPSA) is 172 Å². The molecule has 0 spiro atoms. The number of rotatable bonds is 3. The van der Waals surface area contributed by atoms with Crippen LogP contribution in [0, 0.1) is 10.1 Å². The normalized spacial score (nSPS) is 11.4. The molecule has 122 valence electrons. The summed E-state index contributed by atoms with van der Waals surface area (Å²) in [6, 6.07) is 3.19. The molecule has 10 nitrogen and oxygen atoms in total. The summed E-state index contributed by atoms with van der Waals surface area (Å²) < 4.78 is 62.3. The Morgan fingerprint density at radius 2 is 1.50 bits per heavy atom. The van der Waals surface area contributed by atoms with Gasteiger partial charge in [-0.25, -0.2) is 0 Å². The van der Waals surface area contributed by atoms with E-state index in [2.05, 4.69) is 0 Å². The van der Waals surface area contributed by atoms with Gasteiger partial charge in [-0.05, 0) is 29.7 Å². The Labute approximate surface area is 180 Å². The Kier molecular flexibility index (Phi) is 7.86. The van der Waals surface area contributed by atoms with Gasteiger partial charge in [-0.2, -0.15) is 16.8 Å². The first kappa shape index (κ1) is 23.7. The van der Waals surface area contributed by atoms with Crippen molar-refractivity contribution in [1.29, 1.82) is 0 Å². The number of nitrogens with zero attached hydrogens (tertiary/aromatic N) is 1. The summed E-state index contributed by atoms with van der Waals surface area (Å²) in [6.07, 6.45) is 0. The molecule has 0 aliphatic rings. The van der Waals surface area contributed by atoms with Gasteiger partial charge in [0.05, 0.1) is 15.2 Å². The number of hydrogen-bond donors (Lipinski definition) is 3. The summed E-state index contributed by atoms with van der Waals surface area (Å²) in [5.74, 6) is -1.28. The first-order valence-electron chi connectivity index (χ1n) is 5.32. The molecule has 0 amide bonds. The van der Waals surface area contributed by atoms with Crippen molar-refractivity contribution in [1.82, 2.24) is 0 Å². The van der Waals surface area contributed by atoms with Crippen LogP contribution in [0.15, 0.2) is 34.1 Å². The number of benzene rings is 2. The second kappa shape index (κ2) is 7.95. The predicted octanol–water partition coefficient (Wildman–Crippen LogP) is -0.350. The van der Waals surface area contributed by atoms with E-state index in [0.29, 0.717) is 6.07 Å². The fourth-order valence-corrected chi connectivity index (χ4v) is 3.00. The Hall–Kier alpha value is -0.280. The molecule has 3 N–H and O–H groups in total. The molecule has 0 aliphatic heterocycles. The molecule has 0 fully saturated rings. The van der Waals surface area contributed by atoms with E-state index in [-0.39, 0.29) is 69.9 Å². The fourth-order valence-electron chi connectivity index (χ4n) is 1.87. The minimum absolute atomic E-state index is 0. The average Bonchev–Trinajstić information content (AvgIpc) is 2.34. The fraction of sp³-hybridized carbons (Fsp3) is 0. The molecule has 0 bridgehead atoms. The van der Waals surface area contributed by atoms with Crippen LogP contribution < -0.4 is 0 Å². The Balaban J connectivity index is 0.00000264. The van der Waals surface area contributed by atoms with E-state index in [1.165, 1.54) is 0 Å². The third-order valence-corrected chi connectivity index (χ3v) is 4.50. The molecule has 0 heterocycles. The van der Waals surface area contributed by atoms with Gasteiger partial charge < -0.3 is 5.11 Å². The SMILES string of the molecule is O=[N+]([O-])c1c(O)c(S(=O)(=O)O)cc2cc(S(=O)(=O)O)ccc12.[NaH].[NaH]. The van der Waals surface area contributed by atoms with Crippen LogP contribution in [0.25, 0.3) is 10.8 Å². The summed E-state index contributed by atoms with van der Waals surface area (Å²) in [5, 5.41) is 20.1. The minimum atomic E-state index is -5.00. The van der Waals surface area contributed by atoms with Crippen molar-refractivity contribution >= 4 is 95.8 Å². The van der Waals surface area contributed by atoms with Crippen LogP contribution in [0.5, 0.6) is 5.75 Å². The number of phenols is 1. The summed E-state index contributed by atoms with van der Waals surface area (Å²) in [7, 11) is -9.63. The van der Waals surface area contributed by atoms with Crippen molar-refractivity contribution in [3.8, 4) is 5.75 Å². The van der Waals surface area contributed by atoms with Gasteiger partial charge in [0, 0.05) is 0 Å². The van der Waals surface area contributed by atoms with Crippen LogP contribution in [0.2, 0.25) is 0 Å². The molecule has 0 atom stereocenters. The summed E-state index contributed by atoms with van der Waals surface area (Å²) >= 11 is 0. The molecule has 14 heteroatoms. The number of nitro groups is 1. The zero-order chi connectivity index (χ0) is 16.9. The first-order valence-corrected chi connectivity index (χ1v) is 8.20. The number of nitro benzene ring substituents is 1. The van der Waals surface area contributed by atoms with Gasteiger partial charge in [0.1, 0.15) is 4.90 Å². The van der Waals surface area contributed by atoms with E-state index in [9.17, 15) is 32.1 Å². The number of aromatic hydroxyl groups is 1. The molecule has 2 rings (SSSR count). The van der Waals surface area contributed by atoms with Gasteiger partial charge in [-0.3, -0.25) is 19.2 Å². The van der Waals surface area contributed by atoms with E-state index in [1.807, 2.05) is 0 Å². The van der Waals surface area contributed by atoms with E-state index >= 15 is 0 Å². The van der Waals surface area contributed by atoms with Crippen LogP contribution in [0.4, 0.5) is 5.69 Å². The van der Waals surface area contributed by atoms with Crippen LogP contribution in [-0.2, 0) is 20.2 Å². The maximum absolute atomic E-state index is 11.2. The molecule has 2 aromatic rings. The Morgan fingerprint density at radius 1 is 0.958 bits per heavy atom. The average molecular weight is 397 g/mol. The number of phenolic OH excluding ortho intramolecular Hbond substituents is 1. The number of fused-ring (bicyclic) bond motifs is 1. The van der Waals surface area contributed by atoms with Crippen molar-refractivity contribution in [2.75, 3.05) is 0 Å². The molecule has 0 aliphatic carbocycles. The summed E-state index contributed by atoms with van der Waals surface area (Å²) in [6.45, 7) is 0. The van der Waals surface area contributed by atoms with Crippen LogP contribution in [0.1, 0.15) is 0 Å². The zero-order valence-corrected chi connectivity index (χ0v) is 12.0. The van der Waals surface area contributed by atoms with E-state index in [0.717, 1.165) is 18.2 Å². The quantitative estimate of drug-likeness (QED) is 0.271. The van der Waals surface area contributed by atoms with Gasteiger partial charge in [0.2, 0.25) is 5.75 Å². The van der Waals surface area contributed by atoms with Crippen molar-refractivity contribution in [3.63, 3.8) is 0 Å². The Bertz CT molecular complexity index is 1020. The van der Waals surface area contributed by atoms with E-state index in [1.54, 1.807) is 0 Å². The standard InChI is InChI=1S/C10H7NO9S2.2Na.2H/c12-10-8(22(18,19)20)4-5-3-6(21(15,16)17)1-2-7(5)9(10)11(13)14;;;;/h1-4,12H,(H,15,16,17)(H,18,19,20);;;;. The molecule has 24 heavy (non-hydrogen) atoms. The molecule has 0 saturated heterocycles. The summed E-state index contributed by atoms with van der Waals surface area (Å²) in [4.78, 5) is 8.12. The predicted molar refractivity (Wildman–Crippen MR) is 86.2 cm³/mol. The molecule has 0 unspecified atom stereocenters. The number of hydrogen-bond acceptors (Lipinski definition) is 7.